The lowest BCUT2D eigenvalue weighted by Gasteiger charge is -2.04. The maximum atomic E-state index is 11.2. The number of fused-ring (bicyclic) bond motifs is 1. The zero-order valence-corrected chi connectivity index (χ0v) is 8.45. The summed E-state index contributed by atoms with van der Waals surface area (Å²) < 4.78 is 0.124. The molecule has 0 saturated heterocycles. The molecule has 0 aliphatic heterocycles. The molecule has 16 heavy (non-hydrogen) atoms. The van der Waals surface area contributed by atoms with Crippen molar-refractivity contribution in [2.45, 2.75) is 0 Å². The van der Waals surface area contributed by atoms with Gasteiger partial charge in [0.1, 0.15) is 17.1 Å². The number of nitrogens with zero attached hydrogens (tertiary/aromatic N) is 2. The van der Waals surface area contributed by atoms with Gasteiger partial charge in [0.15, 0.2) is 0 Å². The van der Waals surface area contributed by atoms with E-state index in [9.17, 15) is 14.8 Å². The molecule has 80 valence electrons. The van der Waals surface area contributed by atoms with Gasteiger partial charge in [-0.1, -0.05) is 11.6 Å². The molecule has 0 spiro atoms. The van der Waals surface area contributed by atoms with Gasteiger partial charge in [0.05, 0.1) is 10.5 Å². The average Bonchev–Trinajstić information content (AvgIpc) is 2.27. The van der Waals surface area contributed by atoms with Crippen molar-refractivity contribution >= 4 is 22.6 Å². The molecule has 2 N–H and O–H groups in total. The Labute approximate surface area is 92.9 Å². The van der Waals surface area contributed by atoms with Crippen LogP contribution in [-0.4, -0.2) is 14.9 Å². The molecular formula is C9H4ClN3O3. The van der Waals surface area contributed by atoms with E-state index in [1.807, 2.05) is 0 Å². The first-order valence-electron chi connectivity index (χ1n) is 4.13. The van der Waals surface area contributed by atoms with Crippen molar-refractivity contribution in [3.8, 4) is 6.07 Å². The van der Waals surface area contributed by atoms with Crippen molar-refractivity contribution in [3.63, 3.8) is 0 Å². The molecule has 6 nitrogen and oxygen atoms in total. The van der Waals surface area contributed by atoms with Crippen LogP contribution >= 0.6 is 11.6 Å². The second-order valence-corrected chi connectivity index (χ2v) is 3.41. The molecule has 0 aliphatic carbocycles. The third-order valence-electron chi connectivity index (χ3n) is 2.09. The van der Waals surface area contributed by atoms with Crippen LogP contribution in [0.3, 0.4) is 0 Å². The molecule has 7 heteroatoms. The summed E-state index contributed by atoms with van der Waals surface area (Å²) in [5, 5.41) is 18.4. The van der Waals surface area contributed by atoms with Crippen LogP contribution in [0.1, 0.15) is 5.56 Å². The Morgan fingerprint density at radius 2 is 2.12 bits per heavy atom. The number of benzene rings is 1. The van der Waals surface area contributed by atoms with Crippen molar-refractivity contribution in [2.75, 3.05) is 0 Å². The number of aromatic nitrogens is 2. The molecule has 0 radical (unpaired) electrons. The Kier molecular flexibility index (Phi) is 2.18. The van der Waals surface area contributed by atoms with Crippen molar-refractivity contribution in [1.29, 1.82) is 5.26 Å². The molecule has 0 aliphatic rings. The molecule has 2 rings (SSSR count). The van der Waals surface area contributed by atoms with E-state index in [1.165, 1.54) is 12.1 Å². The first kappa shape index (κ1) is 10.3. The van der Waals surface area contributed by atoms with Crippen LogP contribution in [0.2, 0.25) is 5.02 Å². The predicted molar refractivity (Wildman–Crippen MR) is 55.7 cm³/mol. The highest BCUT2D eigenvalue weighted by Gasteiger charge is 2.13. The van der Waals surface area contributed by atoms with Crippen LogP contribution in [0.25, 0.3) is 11.0 Å². The highest BCUT2D eigenvalue weighted by Crippen LogP contribution is 2.21. The lowest BCUT2D eigenvalue weighted by Crippen LogP contribution is -2.35. The van der Waals surface area contributed by atoms with Crippen LogP contribution in [0, 0.1) is 11.3 Å². The minimum absolute atomic E-state index is 0.0741. The van der Waals surface area contributed by atoms with Gasteiger partial charge in [-0.2, -0.15) is 5.26 Å². The standard InChI is InChI=1S/C9H4ClN3O3/c10-5-1-2-6-7(4(5)3-11)13(16)9(15)8(14)12-6/h1-2,16H,(H,12,14). The summed E-state index contributed by atoms with van der Waals surface area (Å²) in [6, 6.07) is 4.54. The topological polar surface area (TPSA) is 98.9 Å². The van der Waals surface area contributed by atoms with Gasteiger partial charge in [-0.25, -0.2) is 0 Å². The van der Waals surface area contributed by atoms with Gasteiger partial charge in [-0.05, 0) is 12.1 Å². The van der Waals surface area contributed by atoms with Crippen molar-refractivity contribution in [2.24, 2.45) is 0 Å². The smallest absolute Gasteiger partial charge is 0.349 e. The number of hydrogen-bond acceptors (Lipinski definition) is 4. The highest BCUT2D eigenvalue weighted by molar-refractivity contribution is 6.32. The molecule has 0 atom stereocenters. The van der Waals surface area contributed by atoms with Gasteiger partial charge >= 0.3 is 11.1 Å². The second-order valence-electron chi connectivity index (χ2n) is 3.00. The molecule has 1 aromatic carbocycles. The molecule has 0 bridgehead atoms. The number of hydrogen-bond donors (Lipinski definition) is 2. The fourth-order valence-electron chi connectivity index (χ4n) is 1.37. The third kappa shape index (κ3) is 1.26. The molecule has 1 aromatic heterocycles. The maximum Gasteiger partial charge on any atom is 0.349 e. The molecular weight excluding hydrogens is 234 g/mol. The van der Waals surface area contributed by atoms with Crippen LogP contribution < -0.4 is 11.1 Å². The molecule has 0 saturated carbocycles. The van der Waals surface area contributed by atoms with Crippen molar-refractivity contribution in [3.05, 3.63) is 43.4 Å². The minimum Gasteiger partial charge on any atom is -0.425 e. The Balaban J connectivity index is 3.18. The molecule has 0 unspecified atom stereocenters. The summed E-state index contributed by atoms with van der Waals surface area (Å²) in [4.78, 5) is 24.5. The van der Waals surface area contributed by atoms with Crippen LogP contribution in [0.15, 0.2) is 21.7 Å². The van der Waals surface area contributed by atoms with Crippen LogP contribution in [-0.2, 0) is 0 Å². The molecule has 1 heterocycles. The summed E-state index contributed by atoms with van der Waals surface area (Å²) in [5.41, 5.74) is -2.16. The van der Waals surface area contributed by atoms with Gasteiger partial charge < -0.3 is 10.2 Å². The Morgan fingerprint density at radius 1 is 1.44 bits per heavy atom. The summed E-state index contributed by atoms with van der Waals surface area (Å²) in [6.45, 7) is 0. The number of nitriles is 1. The lowest BCUT2D eigenvalue weighted by molar-refractivity contribution is 0.186. The lowest BCUT2D eigenvalue weighted by atomic mass is 10.2. The van der Waals surface area contributed by atoms with Crippen LogP contribution in [0.5, 0.6) is 0 Å². The normalized spacial score (nSPS) is 10.2. The van der Waals surface area contributed by atoms with Gasteiger partial charge in [0, 0.05) is 0 Å². The Bertz CT molecular complexity index is 738. The van der Waals surface area contributed by atoms with Gasteiger partial charge in [-0.15, -0.1) is 4.73 Å². The number of aromatic amines is 1. The maximum absolute atomic E-state index is 11.2. The van der Waals surface area contributed by atoms with E-state index in [2.05, 4.69) is 4.98 Å². The predicted octanol–water partition coefficient (Wildman–Crippen LogP) is 0.452. The first-order chi connectivity index (χ1) is 7.56. The number of halogens is 1. The highest BCUT2D eigenvalue weighted by atomic mass is 35.5. The SMILES string of the molecule is N#Cc1c(Cl)ccc2[nH]c(=O)c(=O)n(O)c12. The first-order valence-corrected chi connectivity index (χ1v) is 4.51. The van der Waals surface area contributed by atoms with Gasteiger partial charge in [-0.3, -0.25) is 9.59 Å². The second kappa shape index (κ2) is 3.40. The fraction of sp³-hybridized carbons (Fsp3) is 0. The van der Waals surface area contributed by atoms with E-state index in [0.29, 0.717) is 0 Å². The Hall–Kier alpha value is -2.26. The van der Waals surface area contributed by atoms with E-state index in [4.69, 9.17) is 16.9 Å². The Morgan fingerprint density at radius 3 is 2.75 bits per heavy atom. The zero-order valence-electron chi connectivity index (χ0n) is 7.69. The number of rotatable bonds is 0. The zero-order chi connectivity index (χ0) is 11.9. The van der Waals surface area contributed by atoms with Crippen molar-refractivity contribution < 1.29 is 5.21 Å². The average molecular weight is 238 g/mol. The third-order valence-corrected chi connectivity index (χ3v) is 2.40. The summed E-state index contributed by atoms with van der Waals surface area (Å²) in [5.74, 6) is 0. The van der Waals surface area contributed by atoms with Gasteiger partial charge in [0.2, 0.25) is 0 Å². The fourth-order valence-corrected chi connectivity index (χ4v) is 1.56. The quantitative estimate of drug-likeness (QED) is 0.513. The molecule has 0 amide bonds. The number of nitrogens with one attached hydrogen (secondary N) is 1. The van der Waals surface area contributed by atoms with Crippen molar-refractivity contribution in [1.82, 2.24) is 9.71 Å². The largest absolute Gasteiger partial charge is 0.425 e. The van der Waals surface area contributed by atoms with E-state index in [1.54, 1.807) is 6.07 Å². The van der Waals surface area contributed by atoms with E-state index in [0.717, 1.165) is 0 Å². The van der Waals surface area contributed by atoms with E-state index < -0.39 is 11.1 Å². The van der Waals surface area contributed by atoms with Crippen LogP contribution in [0.4, 0.5) is 0 Å². The summed E-state index contributed by atoms with van der Waals surface area (Å²) >= 11 is 5.73. The molecule has 2 aromatic rings. The van der Waals surface area contributed by atoms with Gasteiger partial charge in [0.25, 0.3) is 0 Å². The summed E-state index contributed by atoms with van der Waals surface area (Å²) in [6.07, 6.45) is 0. The van der Waals surface area contributed by atoms with E-state index >= 15 is 0 Å². The van der Waals surface area contributed by atoms with E-state index in [-0.39, 0.29) is 26.3 Å². The number of H-pyrrole nitrogens is 1. The molecule has 0 fully saturated rings. The summed E-state index contributed by atoms with van der Waals surface area (Å²) in [7, 11) is 0. The minimum atomic E-state index is -1.16. The monoisotopic (exact) mass is 237 g/mol.